The van der Waals surface area contributed by atoms with Gasteiger partial charge in [0.15, 0.2) is 5.37 Å². The van der Waals surface area contributed by atoms with Gasteiger partial charge in [0.05, 0.1) is 12.8 Å². The van der Waals surface area contributed by atoms with Crippen LogP contribution in [0.15, 0.2) is 48.5 Å². The van der Waals surface area contributed by atoms with Crippen molar-refractivity contribution in [3.8, 4) is 0 Å². The molecule has 1 saturated heterocycles. The smallest absolute Gasteiger partial charge is 0.325 e. The van der Waals surface area contributed by atoms with Crippen LogP contribution in [0.4, 0.5) is 25.0 Å². The monoisotopic (exact) mass is 392 g/mol. The van der Waals surface area contributed by atoms with Gasteiger partial charge in [-0.3, -0.25) is 14.4 Å². The molecule has 0 spiro atoms. The number of nitrogens with zero attached hydrogens (tertiary/aromatic N) is 2. The van der Waals surface area contributed by atoms with E-state index in [2.05, 4.69) is 4.74 Å². The van der Waals surface area contributed by atoms with Crippen LogP contribution >= 0.6 is 11.8 Å². The third-order valence-corrected chi connectivity index (χ3v) is 4.94. The molecule has 2 aromatic rings. The Hall–Kier alpha value is -2.94. The largest absolute Gasteiger partial charge is 0.468 e. The van der Waals surface area contributed by atoms with Gasteiger partial charge in [0.1, 0.15) is 18.2 Å². The van der Waals surface area contributed by atoms with Crippen LogP contribution in [-0.4, -0.2) is 36.1 Å². The van der Waals surface area contributed by atoms with E-state index in [4.69, 9.17) is 0 Å². The van der Waals surface area contributed by atoms with Gasteiger partial charge in [0, 0.05) is 5.69 Å². The number of rotatable bonds is 5. The van der Waals surface area contributed by atoms with Crippen LogP contribution in [0.2, 0.25) is 0 Å². The number of carbonyl (C=O) groups is 3. The molecule has 0 aromatic heterocycles. The summed E-state index contributed by atoms with van der Waals surface area (Å²) in [6, 6.07) is 10.1. The van der Waals surface area contributed by atoms with E-state index in [1.54, 1.807) is 0 Å². The average molecular weight is 392 g/mol. The van der Waals surface area contributed by atoms with Gasteiger partial charge < -0.3 is 9.64 Å². The van der Waals surface area contributed by atoms with E-state index in [0.717, 1.165) is 17.0 Å². The first-order valence-corrected chi connectivity index (χ1v) is 8.68. The minimum atomic E-state index is -1.05. The van der Waals surface area contributed by atoms with E-state index in [-0.39, 0.29) is 12.2 Å². The minimum absolute atomic E-state index is 0.221. The Bertz CT molecular complexity index is 874. The van der Waals surface area contributed by atoms with Crippen molar-refractivity contribution in [2.24, 2.45) is 0 Å². The van der Waals surface area contributed by atoms with Crippen LogP contribution in [0.25, 0.3) is 0 Å². The summed E-state index contributed by atoms with van der Waals surface area (Å²) in [5.41, 5.74) is 0.597. The number of imide groups is 1. The van der Waals surface area contributed by atoms with Gasteiger partial charge in [-0.15, -0.1) is 0 Å². The van der Waals surface area contributed by atoms with Crippen molar-refractivity contribution >= 4 is 40.3 Å². The molecule has 27 heavy (non-hydrogen) atoms. The van der Waals surface area contributed by atoms with Gasteiger partial charge in [-0.05, 0) is 60.3 Å². The predicted molar refractivity (Wildman–Crippen MR) is 96.4 cm³/mol. The lowest BCUT2D eigenvalue weighted by Crippen LogP contribution is -2.44. The van der Waals surface area contributed by atoms with Gasteiger partial charge in [0.25, 0.3) is 11.1 Å². The van der Waals surface area contributed by atoms with Crippen molar-refractivity contribution in [2.75, 3.05) is 23.5 Å². The Kier molecular flexibility index (Phi) is 5.41. The van der Waals surface area contributed by atoms with E-state index in [9.17, 15) is 23.2 Å². The molecule has 2 amide bonds. The predicted octanol–water partition coefficient (Wildman–Crippen LogP) is 3.17. The van der Waals surface area contributed by atoms with Crippen molar-refractivity contribution in [1.29, 1.82) is 0 Å². The zero-order chi connectivity index (χ0) is 19.6. The van der Waals surface area contributed by atoms with Crippen molar-refractivity contribution in [3.63, 3.8) is 0 Å². The second-order valence-corrected chi connectivity index (χ2v) is 6.60. The normalized spacial score (nSPS) is 16.6. The number of halogens is 2. The molecule has 1 aliphatic rings. The van der Waals surface area contributed by atoms with E-state index in [0.29, 0.717) is 17.4 Å². The second-order valence-electron chi connectivity index (χ2n) is 5.57. The standard InChI is InChI=1S/C18H14F2N2O4S/c1-26-15(23)10-21(13-6-2-11(19)3-7-13)17-16(24)22(18(25)27-17)14-8-4-12(20)5-9-14/h2-9,17H,10H2,1H3/t17-/m0/s1. The Balaban J connectivity index is 1.93. The molecule has 2 aromatic carbocycles. The van der Waals surface area contributed by atoms with Crippen molar-refractivity contribution < 1.29 is 27.9 Å². The summed E-state index contributed by atoms with van der Waals surface area (Å²) < 4.78 is 31.0. The maximum Gasteiger partial charge on any atom is 0.325 e. The van der Waals surface area contributed by atoms with Crippen molar-refractivity contribution in [3.05, 3.63) is 60.2 Å². The van der Waals surface area contributed by atoms with Crippen molar-refractivity contribution in [1.82, 2.24) is 0 Å². The number of esters is 1. The summed E-state index contributed by atoms with van der Waals surface area (Å²) in [7, 11) is 1.20. The Labute approximate surface area is 157 Å². The molecule has 0 N–H and O–H groups in total. The highest BCUT2D eigenvalue weighted by atomic mass is 32.2. The molecule has 1 aliphatic heterocycles. The van der Waals surface area contributed by atoms with E-state index in [1.165, 1.54) is 48.4 Å². The number of methoxy groups -OCH3 is 1. The van der Waals surface area contributed by atoms with Crippen LogP contribution in [-0.2, 0) is 14.3 Å². The Morgan fingerprint density at radius 2 is 1.63 bits per heavy atom. The summed E-state index contributed by atoms with van der Waals surface area (Å²) >= 11 is 0.709. The molecule has 1 fully saturated rings. The fraction of sp³-hybridized carbons (Fsp3) is 0.167. The number of hydrogen-bond donors (Lipinski definition) is 0. The fourth-order valence-corrected chi connectivity index (χ4v) is 3.59. The quantitative estimate of drug-likeness (QED) is 0.729. The van der Waals surface area contributed by atoms with Crippen LogP contribution in [0.5, 0.6) is 0 Å². The third kappa shape index (κ3) is 3.92. The number of benzene rings is 2. The number of amides is 2. The van der Waals surface area contributed by atoms with Gasteiger partial charge in [-0.25, -0.2) is 13.7 Å². The maximum atomic E-state index is 13.2. The van der Waals surface area contributed by atoms with Crippen molar-refractivity contribution in [2.45, 2.75) is 5.37 Å². The fourth-order valence-electron chi connectivity index (χ4n) is 2.56. The zero-order valence-electron chi connectivity index (χ0n) is 14.1. The van der Waals surface area contributed by atoms with Crippen LogP contribution < -0.4 is 9.80 Å². The summed E-state index contributed by atoms with van der Waals surface area (Å²) in [6.07, 6.45) is 0. The van der Waals surface area contributed by atoms with E-state index < -0.39 is 34.1 Å². The number of anilines is 2. The van der Waals surface area contributed by atoms with Crippen LogP contribution in [0.1, 0.15) is 0 Å². The molecule has 3 rings (SSSR count). The molecule has 1 heterocycles. The van der Waals surface area contributed by atoms with Gasteiger partial charge in [-0.1, -0.05) is 0 Å². The molecule has 0 aliphatic carbocycles. The zero-order valence-corrected chi connectivity index (χ0v) is 14.9. The third-order valence-electron chi connectivity index (χ3n) is 3.88. The first-order valence-electron chi connectivity index (χ1n) is 7.80. The summed E-state index contributed by atoms with van der Waals surface area (Å²) in [4.78, 5) is 39.4. The van der Waals surface area contributed by atoms with Gasteiger partial charge >= 0.3 is 5.97 Å². The lowest BCUT2D eigenvalue weighted by atomic mass is 10.2. The summed E-state index contributed by atoms with van der Waals surface area (Å²) in [5, 5.41) is -1.61. The van der Waals surface area contributed by atoms with Gasteiger partial charge in [-0.2, -0.15) is 0 Å². The molecule has 9 heteroatoms. The lowest BCUT2D eigenvalue weighted by Gasteiger charge is -2.27. The highest BCUT2D eigenvalue weighted by molar-refractivity contribution is 8.16. The lowest BCUT2D eigenvalue weighted by molar-refractivity contribution is -0.139. The average Bonchev–Trinajstić information content (AvgIpc) is 2.95. The number of thioether (sulfide) groups is 1. The van der Waals surface area contributed by atoms with Gasteiger partial charge in [0.2, 0.25) is 0 Å². The topological polar surface area (TPSA) is 66.9 Å². The minimum Gasteiger partial charge on any atom is -0.468 e. The first-order chi connectivity index (χ1) is 12.9. The molecular weight excluding hydrogens is 378 g/mol. The molecule has 0 unspecified atom stereocenters. The molecule has 0 radical (unpaired) electrons. The van der Waals surface area contributed by atoms with Crippen LogP contribution in [0, 0.1) is 11.6 Å². The Morgan fingerprint density at radius 3 is 2.19 bits per heavy atom. The van der Waals surface area contributed by atoms with E-state index in [1.807, 2.05) is 0 Å². The SMILES string of the molecule is COC(=O)CN(c1ccc(F)cc1)[C@H]1SC(=O)N(c2ccc(F)cc2)C1=O. The summed E-state index contributed by atoms with van der Waals surface area (Å²) in [6.45, 7) is -0.309. The Morgan fingerprint density at radius 1 is 1.07 bits per heavy atom. The number of carbonyl (C=O) groups excluding carboxylic acids is 3. The molecular formula is C18H14F2N2O4S. The highest BCUT2D eigenvalue weighted by Crippen LogP contribution is 2.35. The molecule has 0 saturated carbocycles. The van der Waals surface area contributed by atoms with E-state index >= 15 is 0 Å². The number of hydrogen-bond acceptors (Lipinski definition) is 6. The molecule has 6 nitrogen and oxygen atoms in total. The number of ether oxygens (including phenoxy) is 1. The first kappa shape index (κ1) is 18.8. The molecule has 140 valence electrons. The maximum absolute atomic E-state index is 13.2. The van der Waals surface area contributed by atoms with Crippen LogP contribution in [0.3, 0.4) is 0 Å². The molecule has 0 bridgehead atoms. The molecule has 1 atom stereocenters. The second kappa shape index (κ2) is 7.75. The highest BCUT2D eigenvalue weighted by Gasteiger charge is 2.44. The summed E-state index contributed by atoms with van der Waals surface area (Å²) in [5.74, 6) is -2.20.